The fourth-order valence-corrected chi connectivity index (χ4v) is 2.96. The van der Waals surface area contributed by atoms with Gasteiger partial charge in [-0.15, -0.1) is 0 Å². The predicted molar refractivity (Wildman–Crippen MR) is 57.0 cm³/mol. The molecule has 0 fully saturated rings. The largest absolute Gasteiger partial charge is 0.157 e. The van der Waals surface area contributed by atoms with Gasteiger partial charge in [-0.25, -0.2) is 0 Å². The Bertz CT molecular complexity index is 281. The second-order valence-electron chi connectivity index (χ2n) is 2.90. The highest BCUT2D eigenvalue weighted by Gasteiger charge is 2.20. The Kier molecular flexibility index (Phi) is 2.66. The molecule has 0 aromatic heterocycles. The van der Waals surface area contributed by atoms with Gasteiger partial charge >= 0.3 is 0 Å². The summed E-state index contributed by atoms with van der Waals surface area (Å²) in [5, 5.41) is 0. The summed E-state index contributed by atoms with van der Waals surface area (Å²) in [5.74, 6) is 2.48. The number of thioether (sulfide) groups is 1. The summed E-state index contributed by atoms with van der Waals surface area (Å²) in [6.07, 6.45) is 1.28. The Morgan fingerprint density at radius 3 is 3.17 bits per heavy atom. The van der Waals surface area contributed by atoms with E-state index < -0.39 is 0 Å². The van der Waals surface area contributed by atoms with E-state index in [9.17, 15) is 0 Å². The fourth-order valence-electron chi connectivity index (χ4n) is 1.19. The molecule has 0 nitrogen and oxygen atoms in total. The van der Waals surface area contributed by atoms with Crippen LogP contribution in [0.25, 0.3) is 0 Å². The molecule has 1 aromatic rings. The molecule has 1 heterocycles. The average molecular weight is 196 g/mol. The molecule has 0 N–H and O–H groups in total. The van der Waals surface area contributed by atoms with Crippen molar-refractivity contribution in [3.05, 3.63) is 23.8 Å². The van der Waals surface area contributed by atoms with Crippen molar-refractivity contribution in [3.63, 3.8) is 0 Å². The van der Waals surface area contributed by atoms with Crippen molar-refractivity contribution >= 4 is 23.5 Å². The first-order chi connectivity index (χ1) is 5.92. The SMILES string of the molecule is CCCSCc1cccc2c1S2. The van der Waals surface area contributed by atoms with Crippen LogP contribution in [0.5, 0.6) is 0 Å². The highest BCUT2D eigenvalue weighted by Crippen LogP contribution is 2.50. The molecule has 64 valence electrons. The van der Waals surface area contributed by atoms with Crippen LogP contribution >= 0.6 is 23.5 Å². The van der Waals surface area contributed by atoms with E-state index in [4.69, 9.17) is 0 Å². The van der Waals surface area contributed by atoms with Gasteiger partial charge in [-0.3, -0.25) is 0 Å². The van der Waals surface area contributed by atoms with Crippen molar-refractivity contribution in [2.24, 2.45) is 0 Å². The van der Waals surface area contributed by atoms with Crippen LogP contribution in [0.1, 0.15) is 18.9 Å². The minimum absolute atomic E-state index is 1.20. The molecule has 0 amide bonds. The lowest BCUT2D eigenvalue weighted by Crippen LogP contribution is -1.80. The van der Waals surface area contributed by atoms with Crippen molar-refractivity contribution in [2.45, 2.75) is 28.9 Å². The summed E-state index contributed by atoms with van der Waals surface area (Å²) in [6.45, 7) is 2.23. The van der Waals surface area contributed by atoms with Crippen molar-refractivity contribution in [1.82, 2.24) is 0 Å². The lowest BCUT2D eigenvalue weighted by atomic mass is 10.2. The zero-order chi connectivity index (χ0) is 8.39. The standard InChI is InChI=1S/C10H12S2/c1-2-6-11-7-8-4-3-5-9-10(8)12-9/h3-5H,2,6-7H2,1H3. The molecule has 1 aliphatic heterocycles. The van der Waals surface area contributed by atoms with E-state index in [1.165, 1.54) is 28.4 Å². The Morgan fingerprint density at radius 1 is 1.42 bits per heavy atom. The lowest BCUT2D eigenvalue weighted by Gasteiger charge is -1.97. The van der Waals surface area contributed by atoms with Gasteiger partial charge in [-0.2, -0.15) is 11.8 Å². The Labute approximate surface area is 82.1 Å². The van der Waals surface area contributed by atoms with E-state index in [-0.39, 0.29) is 0 Å². The van der Waals surface area contributed by atoms with Crippen LogP contribution in [-0.2, 0) is 5.75 Å². The van der Waals surface area contributed by atoms with Crippen LogP contribution in [0.2, 0.25) is 0 Å². The van der Waals surface area contributed by atoms with Crippen LogP contribution in [0.4, 0.5) is 0 Å². The summed E-state index contributed by atoms with van der Waals surface area (Å²) >= 11 is 3.97. The predicted octanol–water partition coefficient (Wildman–Crippen LogP) is 3.79. The van der Waals surface area contributed by atoms with Crippen LogP contribution in [0.3, 0.4) is 0 Å². The van der Waals surface area contributed by atoms with Crippen LogP contribution in [0, 0.1) is 0 Å². The van der Waals surface area contributed by atoms with E-state index in [0.29, 0.717) is 0 Å². The normalized spacial score (nSPS) is 12.8. The monoisotopic (exact) mass is 196 g/mol. The molecule has 2 rings (SSSR count). The van der Waals surface area contributed by atoms with Crippen LogP contribution in [-0.4, -0.2) is 5.75 Å². The molecule has 0 bridgehead atoms. The number of hydrogen-bond acceptors (Lipinski definition) is 2. The summed E-state index contributed by atoms with van der Waals surface area (Å²) in [4.78, 5) is 3.03. The Balaban J connectivity index is 1.93. The van der Waals surface area contributed by atoms with E-state index >= 15 is 0 Å². The Hall–Kier alpha value is -0.0800. The van der Waals surface area contributed by atoms with Crippen molar-refractivity contribution < 1.29 is 0 Å². The van der Waals surface area contributed by atoms with Crippen molar-refractivity contribution in [2.75, 3.05) is 5.75 Å². The highest BCUT2D eigenvalue weighted by molar-refractivity contribution is 8.05. The maximum absolute atomic E-state index is 2.25. The third-order valence-electron chi connectivity index (χ3n) is 1.84. The van der Waals surface area contributed by atoms with E-state index in [1.54, 1.807) is 4.90 Å². The second-order valence-corrected chi connectivity index (χ2v) is 5.06. The molecule has 0 spiro atoms. The number of rotatable bonds is 4. The topological polar surface area (TPSA) is 0 Å². The van der Waals surface area contributed by atoms with Gasteiger partial charge in [0.25, 0.3) is 0 Å². The molecule has 0 saturated heterocycles. The zero-order valence-electron chi connectivity index (χ0n) is 7.17. The van der Waals surface area contributed by atoms with Gasteiger partial charge < -0.3 is 0 Å². The fraction of sp³-hybridized carbons (Fsp3) is 0.400. The molecule has 0 unspecified atom stereocenters. The lowest BCUT2D eigenvalue weighted by molar-refractivity contribution is 1.10. The molecule has 0 atom stereocenters. The zero-order valence-corrected chi connectivity index (χ0v) is 8.80. The Morgan fingerprint density at radius 2 is 2.33 bits per heavy atom. The smallest absolute Gasteiger partial charge is 0.0302 e. The third kappa shape index (κ3) is 1.80. The van der Waals surface area contributed by atoms with Crippen LogP contribution in [0.15, 0.2) is 28.0 Å². The number of hydrogen-bond donors (Lipinski definition) is 0. The minimum atomic E-state index is 1.20. The maximum Gasteiger partial charge on any atom is 0.0302 e. The number of fused-ring (bicyclic) bond motifs is 1. The van der Waals surface area contributed by atoms with Gasteiger partial charge in [0.05, 0.1) is 0 Å². The highest BCUT2D eigenvalue weighted by atomic mass is 32.2. The second kappa shape index (κ2) is 3.75. The third-order valence-corrected chi connectivity index (χ3v) is 4.09. The summed E-state index contributed by atoms with van der Waals surface area (Å²) in [5.41, 5.74) is 1.54. The first-order valence-corrected chi connectivity index (χ1v) is 6.26. The van der Waals surface area contributed by atoms with Crippen LogP contribution < -0.4 is 0 Å². The molecule has 0 radical (unpaired) electrons. The van der Waals surface area contributed by atoms with Gasteiger partial charge in [0.15, 0.2) is 0 Å². The summed E-state index contributed by atoms with van der Waals surface area (Å²) in [6, 6.07) is 6.62. The van der Waals surface area contributed by atoms with Crippen molar-refractivity contribution in [1.29, 1.82) is 0 Å². The molecule has 12 heavy (non-hydrogen) atoms. The van der Waals surface area contributed by atoms with Gasteiger partial charge in [-0.1, -0.05) is 30.8 Å². The van der Waals surface area contributed by atoms with Gasteiger partial charge in [0.1, 0.15) is 0 Å². The minimum Gasteiger partial charge on any atom is -0.157 e. The summed E-state index contributed by atoms with van der Waals surface area (Å²) in [7, 11) is 0. The van der Waals surface area contributed by atoms with Crippen molar-refractivity contribution in [3.8, 4) is 0 Å². The molecule has 1 aromatic carbocycles. The number of benzene rings is 1. The van der Waals surface area contributed by atoms with E-state index in [0.717, 1.165) is 0 Å². The molecular formula is C10H12S2. The molecular weight excluding hydrogens is 184 g/mol. The maximum atomic E-state index is 2.25. The van der Waals surface area contributed by atoms with E-state index in [1.807, 2.05) is 23.5 Å². The summed E-state index contributed by atoms with van der Waals surface area (Å²) < 4.78 is 0. The quantitative estimate of drug-likeness (QED) is 0.539. The van der Waals surface area contributed by atoms with Gasteiger partial charge in [0, 0.05) is 15.5 Å². The van der Waals surface area contributed by atoms with E-state index in [2.05, 4.69) is 25.1 Å². The van der Waals surface area contributed by atoms with Gasteiger partial charge in [0.2, 0.25) is 0 Å². The van der Waals surface area contributed by atoms with Gasteiger partial charge in [-0.05, 0) is 23.8 Å². The average Bonchev–Trinajstić information content (AvgIpc) is 2.84. The molecule has 2 heteroatoms. The molecule has 1 aliphatic rings. The molecule has 0 aliphatic carbocycles. The first-order valence-electron chi connectivity index (χ1n) is 4.29. The molecule has 0 saturated carbocycles. The first kappa shape index (κ1) is 8.52.